The molecule has 0 fully saturated rings. The number of hydrogen-bond acceptors (Lipinski definition) is 2. The Bertz CT molecular complexity index is 387. The van der Waals surface area contributed by atoms with Crippen LogP contribution < -0.4 is 5.73 Å². The summed E-state index contributed by atoms with van der Waals surface area (Å²) in [6.45, 7) is -0.0893. The van der Waals surface area contributed by atoms with Gasteiger partial charge in [-0.1, -0.05) is 24.3 Å². The van der Waals surface area contributed by atoms with Crippen molar-refractivity contribution in [3.63, 3.8) is 0 Å². The first-order valence-corrected chi connectivity index (χ1v) is 4.92. The average Bonchev–Trinajstić information content (AvgIpc) is 2.18. The van der Waals surface area contributed by atoms with Gasteiger partial charge in [-0.05, 0) is 11.1 Å². The summed E-state index contributed by atoms with van der Waals surface area (Å²) in [5.74, 6) is -1.97. The molecule has 1 unspecified atom stereocenters. The number of carbonyl (C=O) groups is 1. The van der Waals surface area contributed by atoms with Crippen molar-refractivity contribution in [1.82, 2.24) is 0 Å². The van der Waals surface area contributed by atoms with Gasteiger partial charge in [0.05, 0.1) is 12.3 Å². The van der Waals surface area contributed by atoms with Crippen molar-refractivity contribution in [2.24, 2.45) is 5.73 Å². The maximum absolute atomic E-state index is 12.1. The lowest BCUT2D eigenvalue weighted by molar-refractivity contribution is -0.138. The molecule has 0 amide bonds. The van der Waals surface area contributed by atoms with Crippen LogP contribution in [0.1, 0.15) is 17.0 Å². The fourth-order valence-corrected chi connectivity index (χ4v) is 1.48. The predicted octanol–water partition coefficient (Wildman–Crippen LogP) is 1.92. The van der Waals surface area contributed by atoms with Crippen molar-refractivity contribution in [3.05, 3.63) is 35.4 Å². The van der Waals surface area contributed by atoms with Gasteiger partial charge in [-0.25, -0.2) is 0 Å². The molecular weight excluding hydrogens is 235 g/mol. The Labute approximate surface area is 96.0 Å². The van der Waals surface area contributed by atoms with Crippen LogP contribution in [0.4, 0.5) is 13.2 Å². The molecule has 0 saturated heterocycles. The molecule has 0 saturated carbocycles. The van der Waals surface area contributed by atoms with Crippen LogP contribution in [-0.4, -0.2) is 23.8 Å². The van der Waals surface area contributed by atoms with Crippen LogP contribution in [0, 0.1) is 0 Å². The molecule has 94 valence electrons. The molecule has 6 heteroatoms. The summed E-state index contributed by atoms with van der Waals surface area (Å²) in [4.78, 5) is 10.8. The summed E-state index contributed by atoms with van der Waals surface area (Å²) >= 11 is 0. The molecule has 1 atom stereocenters. The van der Waals surface area contributed by atoms with Gasteiger partial charge in [0.15, 0.2) is 0 Å². The Morgan fingerprint density at radius 2 is 1.82 bits per heavy atom. The summed E-state index contributed by atoms with van der Waals surface area (Å²) in [5.41, 5.74) is 5.79. The van der Waals surface area contributed by atoms with E-state index in [0.717, 1.165) is 0 Å². The Hall–Kier alpha value is -1.56. The molecule has 1 aromatic rings. The second-order valence-corrected chi connectivity index (χ2v) is 3.66. The zero-order valence-electron chi connectivity index (χ0n) is 8.87. The molecule has 1 aromatic carbocycles. The van der Waals surface area contributed by atoms with E-state index >= 15 is 0 Å². The summed E-state index contributed by atoms with van der Waals surface area (Å²) in [6.07, 6.45) is -5.28. The maximum atomic E-state index is 12.1. The van der Waals surface area contributed by atoms with Gasteiger partial charge in [-0.15, -0.1) is 0 Å². The minimum Gasteiger partial charge on any atom is -0.481 e. The fraction of sp³-hybridized carbons (Fsp3) is 0.364. The zero-order chi connectivity index (χ0) is 13.1. The first-order chi connectivity index (χ1) is 7.83. The highest BCUT2D eigenvalue weighted by atomic mass is 19.4. The summed E-state index contributed by atoms with van der Waals surface area (Å²) in [5, 5.41) is 8.82. The number of rotatable bonds is 4. The maximum Gasteiger partial charge on any atom is 0.393 e. The van der Waals surface area contributed by atoms with Crippen LogP contribution in [-0.2, 0) is 11.2 Å². The third-order valence-electron chi connectivity index (χ3n) is 2.32. The highest BCUT2D eigenvalue weighted by Crippen LogP contribution is 2.23. The number of benzene rings is 1. The van der Waals surface area contributed by atoms with Crippen LogP contribution in [0.15, 0.2) is 24.3 Å². The molecule has 0 aliphatic rings. The van der Waals surface area contributed by atoms with Crippen molar-refractivity contribution >= 4 is 5.97 Å². The smallest absolute Gasteiger partial charge is 0.393 e. The van der Waals surface area contributed by atoms with Gasteiger partial charge in [-0.2, -0.15) is 13.2 Å². The fourth-order valence-electron chi connectivity index (χ4n) is 1.48. The number of nitrogens with two attached hydrogens (primary N) is 1. The van der Waals surface area contributed by atoms with Gasteiger partial charge in [0, 0.05) is 6.54 Å². The lowest BCUT2D eigenvalue weighted by Crippen LogP contribution is -2.21. The topological polar surface area (TPSA) is 63.3 Å². The Balaban J connectivity index is 2.84. The third kappa shape index (κ3) is 4.07. The van der Waals surface area contributed by atoms with E-state index in [1.165, 1.54) is 24.3 Å². The average molecular weight is 247 g/mol. The second-order valence-electron chi connectivity index (χ2n) is 3.66. The lowest BCUT2D eigenvalue weighted by Gasteiger charge is -2.11. The largest absolute Gasteiger partial charge is 0.481 e. The number of hydrogen-bond donors (Lipinski definition) is 2. The molecule has 0 aliphatic heterocycles. The molecule has 17 heavy (non-hydrogen) atoms. The molecule has 0 heterocycles. The van der Waals surface area contributed by atoms with Crippen molar-refractivity contribution < 1.29 is 23.1 Å². The number of halogens is 3. The van der Waals surface area contributed by atoms with Crippen molar-refractivity contribution in [3.8, 4) is 0 Å². The lowest BCUT2D eigenvalue weighted by atomic mass is 9.97. The van der Waals surface area contributed by atoms with E-state index < -0.39 is 24.5 Å². The molecule has 1 rings (SSSR count). The minimum absolute atomic E-state index is 0.0893. The van der Waals surface area contributed by atoms with Crippen LogP contribution in [0.3, 0.4) is 0 Å². The van der Waals surface area contributed by atoms with E-state index in [1.807, 2.05) is 0 Å². The van der Waals surface area contributed by atoms with Crippen LogP contribution in [0.25, 0.3) is 0 Å². The van der Waals surface area contributed by atoms with Crippen molar-refractivity contribution in [2.45, 2.75) is 18.5 Å². The summed E-state index contributed by atoms with van der Waals surface area (Å²) in [6, 6.07) is 5.28. The zero-order valence-corrected chi connectivity index (χ0v) is 8.87. The minimum atomic E-state index is -4.26. The quantitative estimate of drug-likeness (QED) is 0.854. The van der Waals surface area contributed by atoms with Crippen LogP contribution in [0.2, 0.25) is 0 Å². The monoisotopic (exact) mass is 247 g/mol. The van der Waals surface area contributed by atoms with Gasteiger partial charge >= 0.3 is 12.1 Å². The molecule has 0 bridgehead atoms. The Morgan fingerprint density at radius 1 is 1.29 bits per heavy atom. The number of carboxylic acid groups (broad SMARTS) is 1. The summed E-state index contributed by atoms with van der Waals surface area (Å²) in [7, 11) is 0. The van der Waals surface area contributed by atoms with E-state index in [2.05, 4.69) is 0 Å². The number of aliphatic carboxylic acids is 1. The van der Waals surface area contributed by atoms with Gasteiger partial charge in [0.25, 0.3) is 0 Å². The predicted molar refractivity (Wildman–Crippen MR) is 55.6 cm³/mol. The van der Waals surface area contributed by atoms with E-state index in [0.29, 0.717) is 5.56 Å². The number of carboxylic acids is 1. The highest BCUT2D eigenvalue weighted by molar-refractivity contribution is 5.76. The summed E-state index contributed by atoms with van der Waals surface area (Å²) < 4.78 is 36.2. The van der Waals surface area contributed by atoms with Gasteiger partial charge in [0.1, 0.15) is 0 Å². The van der Waals surface area contributed by atoms with Crippen LogP contribution >= 0.6 is 0 Å². The third-order valence-corrected chi connectivity index (χ3v) is 2.32. The first kappa shape index (κ1) is 13.5. The van der Waals surface area contributed by atoms with Crippen molar-refractivity contribution in [2.75, 3.05) is 6.54 Å². The molecule has 3 nitrogen and oxygen atoms in total. The molecule has 0 aromatic heterocycles. The standard InChI is InChI=1S/C11H12F3NO2/c12-11(13,14)5-7-1-3-8(4-2-7)9(6-15)10(16)17/h1-4,9H,5-6,15H2,(H,16,17). The second kappa shape index (κ2) is 5.18. The highest BCUT2D eigenvalue weighted by Gasteiger charge is 2.27. The molecular formula is C11H12F3NO2. The molecule has 0 radical (unpaired) electrons. The molecule has 3 N–H and O–H groups in total. The van der Waals surface area contributed by atoms with Gasteiger partial charge < -0.3 is 10.8 Å². The van der Waals surface area contributed by atoms with Gasteiger partial charge in [0.2, 0.25) is 0 Å². The van der Waals surface area contributed by atoms with Gasteiger partial charge in [-0.3, -0.25) is 4.79 Å². The van der Waals surface area contributed by atoms with E-state index in [1.54, 1.807) is 0 Å². The molecule has 0 spiro atoms. The first-order valence-electron chi connectivity index (χ1n) is 4.92. The SMILES string of the molecule is NCC(C(=O)O)c1ccc(CC(F)(F)F)cc1. The van der Waals surface area contributed by atoms with E-state index in [4.69, 9.17) is 10.8 Å². The number of alkyl halides is 3. The van der Waals surface area contributed by atoms with E-state index in [-0.39, 0.29) is 12.1 Å². The van der Waals surface area contributed by atoms with Crippen LogP contribution in [0.5, 0.6) is 0 Å². The molecule has 0 aliphatic carbocycles. The Kier molecular flexibility index (Phi) is 4.11. The normalized spacial score (nSPS) is 13.4. The Morgan fingerprint density at radius 3 is 2.18 bits per heavy atom. The van der Waals surface area contributed by atoms with E-state index in [9.17, 15) is 18.0 Å². The van der Waals surface area contributed by atoms with Crippen molar-refractivity contribution in [1.29, 1.82) is 0 Å².